The summed E-state index contributed by atoms with van der Waals surface area (Å²) in [6, 6.07) is 20.2. The van der Waals surface area contributed by atoms with E-state index in [1.165, 1.54) is 11.8 Å². The molecule has 3 nitrogen and oxygen atoms in total. The molecule has 4 rings (SSSR count). The minimum Gasteiger partial charge on any atom is -0.318 e. The van der Waals surface area contributed by atoms with Gasteiger partial charge in [-0.3, -0.25) is 9.69 Å². The van der Waals surface area contributed by atoms with Crippen molar-refractivity contribution in [1.82, 2.24) is 4.57 Å². The summed E-state index contributed by atoms with van der Waals surface area (Å²) >= 11 is 6.87. The Morgan fingerprint density at radius 3 is 2.36 bits per heavy atom. The van der Waals surface area contributed by atoms with Crippen LogP contribution in [0, 0.1) is 20.8 Å². The quantitative estimate of drug-likeness (QED) is 0.407. The fourth-order valence-electron chi connectivity index (χ4n) is 3.54. The van der Waals surface area contributed by atoms with Gasteiger partial charge in [-0.1, -0.05) is 60.4 Å². The number of aromatic nitrogens is 1. The van der Waals surface area contributed by atoms with Gasteiger partial charge in [0.15, 0.2) is 4.32 Å². The second-order valence-corrected chi connectivity index (χ2v) is 8.48. The lowest BCUT2D eigenvalue weighted by molar-refractivity contribution is -0.113. The minimum atomic E-state index is -0.0613. The molecule has 0 bridgehead atoms. The molecule has 0 aliphatic carbocycles. The van der Waals surface area contributed by atoms with E-state index in [1.54, 1.807) is 4.90 Å². The Hall–Kier alpha value is -2.63. The summed E-state index contributed by atoms with van der Waals surface area (Å²) in [6.45, 7) is 6.15. The highest BCUT2D eigenvalue weighted by Crippen LogP contribution is 2.38. The van der Waals surface area contributed by atoms with Crippen LogP contribution in [0.3, 0.4) is 0 Å². The maximum atomic E-state index is 13.1. The Labute approximate surface area is 174 Å². The van der Waals surface area contributed by atoms with Crippen molar-refractivity contribution >= 4 is 46.0 Å². The van der Waals surface area contributed by atoms with Gasteiger partial charge in [0.2, 0.25) is 0 Å². The predicted molar refractivity (Wildman–Crippen MR) is 122 cm³/mol. The van der Waals surface area contributed by atoms with Gasteiger partial charge < -0.3 is 4.57 Å². The number of carbonyl (C=O) groups excluding carboxylic acids is 1. The number of rotatable bonds is 3. The lowest BCUT2D eigenvalue weighted by Gasteiger charge is -2.16. The molecular weight excluding hydrogens is 384 g/mol. The maximum Gasteiger partial charge on any atom is 0.270 e. The van der Waals surface area contributed by atoms with Crippen LogP contribution in [0.4, 0.5) is 5.69 Å². The smallest absolute Gasteiger partial charge is 0.270 e. The molecule has 140 valence electrons. The zero-order chi connectivity index (χ0) is 19.8. The number of hydrogen-bond donors (Lipinski definition) is 0. The molecular formula is C23H20N2OS2. The van der Waals surface area contributed by atoms with Crippen LogP contribution in [0.15, 0.2) is 65.6 Å². The largest absolute Gasteiger partial charge is 0.318 e. The third kappa shape index (κ3) is 3.21. The van der Waals surface area contributed by atoms with Crippen molar-refractivity contribution in [2.75, 3.05) is 4.90 Å². The van der Waals surface area contributed by atoms with Crippen molar-refractivity contribution in [3.8, 4) is 5.69 Å². The van der Waals surface area contributed by atoms with Crippen molar-refractivity contribution in [1.29, 1.82) is 0 Å². The van der Waals surface area contributed by atoms with Crippen molar-refractivity contribution in [2.24, 2.45) is 0 Å². The van der Waals surface area contributed by atoms with Crippen molar-refractivity contribution in [3.63, 3.8) is 0 Å². The van der Waals surface area contributed by atoms with Crippen molar-refractivity contribution < 1.29 is 4.79 Å². The van der Waals surface area contributed by atoms with Crippen LogP contribution < -0.4 is 4.90 Å². The summed E-state index contributed by atoms with van der Waals surface area (Å²) in [5, 5.41) is 0. The van der Waals surface area contributed by atoms with Gasteiger partial charge in [-0.25, -0.2) is 0 Å². The molecule has 3 aromatic rings. The number of amides is 1. The lowest BCUT2D eigenvalue weighted by Crippen LogP contribution is -2.28. The Balaban J connectivity index is 1.72. The van der Waals surface area contributed by atoms with Crippen LogP contribution in [0.1, 0.15) is 22.5 Å². The van der Waals surface area contributed by atoms with E-state index >= 15 is 0 Å². The average Bonchev–Trinajstić information content (AvgIpc) is 3.12. The van der Waals surface area contributed by atoms with Crippen LogP contribution >= 0.6 is 24.0 Å². The Bertz CT molecular complexity index is 1110. The standard InChI is InChI=1S/C23H20N2OS2/c1-15-9-7-8-12-20(15)25-22(26)21(28-23(25)27)14-18-13-16(2)24(17(18)3)19-10-5-4-6-11-19/h4-14H,1-3H3/b21-14-. The molecule has 0 atom stereocenters. The van der Waals surface area contributed by atoms with Crippen LogP contribution in [-0.2, 0) is 4.79 Å². The first kappa shape index (κ1) is 18.7. The number of thiocarbonyl (C=S) groups is 1. The van der Waals surface area contributed by atoms with Gasteiger partial charge in [-0.2, -0.15) is 0 Å². The second-order valence-electron chi connectivity index (χ2n) is 6.80. The zero-order valence-corrected chi connectivity index (χ0v) is 17.6. The molecule has 1 aliphatic heterocycles. The molecule has 1 saturated heterocycles. The Kier molecular flexibility index (Phi) is 4.96. The van der Waals surface area contributed by atoms with E-state index < -0.39 is 0 Å². The molecule has 0 radical (unpaired) electrons. The number of thioether (sulfide) groups is 1. The van der Waals surface area contributed by atoms with Crippen LogP contribution in [0.5, 0.6) is 0 Å². The van der Waals surface area contributed by atoms with E-state index in [9.17, 15) is 4.79 Å². The number of anilines is 1. The van der Waals surface area contributed by atoms with Gasteiger partial charge in [0.05, 0.1) is 10.6 Å². The second kappa shape index (κ2) is 7.41. The van der Waals surface area contributed by atoms with Crippen LogP contribution in [0.2, 0.25) is 0 Å². The number of nitrogens with zero attached hydrogens (tertiary/aromatic N) is 2. The first-order chi connectivity index (χ1) is 13.5. The molecule has 2 heterocycles. The number of aryl methyl sites for hydroxylation is 2. The summed E-state index contributed by atoms with van der Waals surface area (Å²) < 4.78 is 2.77. The fraction of sp³-hybridized carbons (Fsp3) is 0.130. The first-order valence-electron chi connectivity index (χ1n) is 9.05. The predicted octanol–water partition coefficient (Wildman–Crippen LogP) is 5.81. The van der Waals surface area contributed by atoms with Gasteiger partial charge in [0.1, 0.15) is 0 Å². The molecule has 0 unspecified atom stereocenters. The third-order valence-electron chi connectivity index (χ3n) is 4.92. The van der Waals surface area contributed by atoms with Crippen LogP contribution in [0.25, 0.3) is 11.8 Å². The van der Waals surface area contributed by atoms with Gasteiger partial charge in [-0.05, 0) is 62.2 Å². The molecule has 0 saturated carbocycles. The number of carbonyl (C=O) groups is 1. The number of benzene rings is 2. The lowest BCUT2D eigenvalue weighted by atomic mass is 10.2. The number of para-hydroxylation sites is 2. The van der Waals surface area contributed by atoms with E-state index in [-0.39, 0.29) is 5.91 Å². The highest BCUT2D eigenvalue weighted by Gasteiger charge is 2.34. The van der Waals surface area contributed by atoms with Crippen LogP contribution in [-0.4, -0.2) is 14.8 Å². The molecule has 28 heavy (non-hydrogen) atoms. The normalized spacial score (nSPS) is 15.7. The summed E-state index contributed by atoms with van der Waals surface area (Å²) in [5.41, 5.74) is 6.26. The van der Waals surface area contributed by atoms with E-state index in [0.29, 0.717) is 9.23 Å². The molecule has 1 amide bonds. The van der Waals surface area contributed by atoms with Gasteiger partial charge >= 0.3 is 0 Å². The molecule has 1 fully saturated rings. The highest BCUT2D eigenvalue weighted by molar-refractivity contribution is 8.27. The molecule has 5 heteroatoms. The monoisotopic (exact) mass is 404 g/mol. The van der Waals surface area contributed by atoms with Crippen molar-refractivity contribution in [3.05, 3.63) is 88.1 Å². The first-order valence-corrected chi connectivity index (χ1v) is 10.3. The maximum absolute atomic E-state index is 13.1. The minimum absolute atomic E-state index is 0.0613. The van der Waals surface area contributed by atoms with E-state index in [0.717, 1.165) is 33.9 Å². The summed E-state index contributed by atoms with van der Waals surface area (Å²) in [4.78, 5) is 15.4. The Morgan fingerprint density at radius 1 is 0.964 bits per heavy atom. The average molecular weight is 405 g/mol. The molecule has 1 aliphatic rings. The van der Waals surface area contributed by atoms with Crippen molar-refractivity contribution in [2.45, 2.75) is 20.8 Å². The fourth-order valence-corrected chi connectivity index (χ4v) is 4.81. The van der Waals surface area contributed by atoms with E-state index in [1.807, 2.05) is 55.5 Å². The zero-order valence-electron chi connectivity index (χ0n) is 16.0. The van der Waals surface area contributed by atoms with Gasteiger partial charge in [-0.15, -0.1) is 0 Å². The SMILES string of the molecule is Cc1ccccc1N1C(=O)/C(=C/c2cc(C)n(-c3ccccc3)c2C)SC1=S. The summed E-state index contributed by atoms with van der Waals surface area (Å²) in [5.74, 6) is -0.0613. The van der Waals surface area contributed by atoms with Gasteiger partial charge in [0, 0.05) is 17.1 Å². The van der Waals surface area contributed by atoms with Gasteiger partial charge in [0.25, 0.3) is 5.91 Å². The van der Waals surface area contributed by atoms with E-state index in [4.69, 9.17) is 12.2 Å². The summed E-state index contributed by atoms with van der Waals surface area (Å²) in [6.07, 6.45) is 1.96. The molecule has 0 spiro atoms. The Morgan fingerprint density at radius 2 is 1.64 bits per heavy atom. The molecule has 2 aromatic carbocycles. The topological polar surface area (TPSA) is 25.2 Å². The third-order valence-corrected chi connectivity index (χ3v) is 6.22. The summed E-state index contributed by atoms with van der Waals surface area (Å²) in [7, 11) is 0. The van der Waals surface area contributed by atoms with E-state index in [2.05, 4.69) is 36.6 Å². The molecule has 0 N–H and O–H groups in total. The molecule has 1 aromatic heterocycles. The highest BCUT2D eigenvalue weighted by atomic mass is 32.2. The number of hydrogen-bond acceptors (Lipinski definition) is 3.